The van der Waals surface area contributed by atoms with Gasteiger partial charge in [-0.1, -0.05) is 12.1 Å². The van der Waals surface area contributed by atoms with Crippen LogP contribution in [0.3, 0.4) is 0 Å². The van der Waals surface area contributed by atoms with Crippen LogP contribution in [0.25, 0.3) is 0 Å². The largest absolute Gasteiger partial charge is 0.497 e. The molecule has 1 aliphatic rings. The third-order valence-electron chi connectivity index (χ3n) is 3.50. The summed E-state index contributed by atoms with van der Waals surface area (Å²) in [6, 6.07) is 7.57. The number of ether oxygens (including phenoxy) is 1. The molecule has 0 bridgehead atoms. The molecule has 0 aliphatic carbocycles. The summed E-state index contributed by atoms with van der Waals surface area (Å²) in [5, 5.41) is 4.04. The van der Waals surface area contributed by atoms with E-state index in [9.17, 15) is 4.79 Å². The van der Waals surface area contributed by atoms with Crippen molar-refractivity contribution in [3.8, 4) is 5.75 Å². The molecule has 1 amide bonds. The van der Waals surface area contributed by atoms with Crippen molar-refractivity contribution < 1.29 is 9.53 Å². The minimum atomic E-state index is -0.126. The number of carbonyl (C=O) groups excluding carboxylic acids is 1. The molecule has 3 rings (SSSR count). The summed E-state index contributed by atoms with van der Waals surface area (Å²) >= 11 is 0. The number of nitrogen functional groups attached to an aromatic ring is 1. The van der Waals surface area contributed by atoms with Crippen LogP contribution >= 0.6 is 0 Å². The van der Waals surface area contributed by atoms with Gasteiger partial charge in [-0.2, -0.15) is 9.78 Å². The second-order valence-electron chi connectivity index (χ2n) is 4.76. The minimum absolute atomic E-state index is 0.126. The zero-order valence-corrected chi connectivity index (χ0v) is 11.2. The number of rotatable bonds is 3. The highest BCUT2D eigenvalue weighted by Crippen LogP contribution is 2.20. The second-order valence-corrected chi connectivity index (χ2v) is 4.76. The van der Waals surface area contributed by atoms with Gasteiger partial charge in [0.05, 0.1) is 24.7 Å². The number of nitrogens with zero attached hydrogens (tertiary/aromatic N) is 3. The third-order valence-corrected chi connectivity index (χ3v) is 3.50. The third kappa shape index (κ3) is 2.09. The molecule has 2 heterocycles. The summed E-state index contributed by atoms with van der Waals surface area (Å²) in [5.41, 5.74) is 8.24. The molecule has 6 nitrogen and oxygen atoms in total. The van der Waals surface area contributed by atoms with Crippen LogP contribution in [-0.4, -0.2) is 34.4 Å². The predicted octanol–water partition coefficient (Wildman–Crippen LogP) is 1.50. The molecule has 0 spiro atoms. The van der Waals surface area contributed by atoms with Crippen LogP contribution in [0.5, 0.6) is 5.75 Å². The monoisotopic (exact) mass is 272 g/mol. The fraction of sp³-hybridized carbons (Fsp3) is 0.286. The number of fused-ring (bicyclic) bond motifs is 1. The fourth-order valence-electron chi connectivity index (χ4n) is 2.37. The van der Waals surface area contributed by atoms with Crippen molar-refractivity contribution in [1.82, 2.24) is 14.7 Å². The van der Waals surface area contributed by atoms with Crippen molar-refractivity contribution in [2.75, 3.05) is 19.4 Å². The van der Waals surface area contributed by atoms with E-state index in [1.54, 1.807) is 12.0 Å². The lowest BCUT2D eigenvalue weighted by molar-refractivity contribution is 0.185. The first-order valence-corrected chi connectivity index (χ1v) is 6.43. The van der Waals surface area contributed by atoms with Gasteiger partial charge in [-0.15, -0.1) is 0 Å². The van der Waals surface area contributed by atoms with E-state index in [1.165, 1.54) is 10.9 Å². The SMILES string of the molecule is COc1ccc(CN2CCc3c(N)cnn3C2=O)cc1. The lowest BCUT2D eigenvalue weighted by Crippen LogP contribution is -2.41. The molecule has 1 aliphatic heterocycles. The Balaban J connectivity index is 1.77. The number of anilines is 1. The number of hydrogen-bond donors (Lipinski definition) is 1. The Kier molecular flexibility index (Phi) is 3.06. The van der Waals surface area contributed by atoms with Gasteiger partial charge in [0.25, 0.3) is 0 Å². The van der Waals surface area contributed by atoms with Crippen molar-refractivity contribution in [1.29, 1.82) is 0 Å². The lowest BCUT2D eigenvalue weighted by atomic mass is 10.1. The number of aromatic nitrogens is 2. The van der Waals surface area contributed by atoms with Crippen LogP contribution in [0, 0.1) is 0 Å². The van der Waals surface area contributed by atoms with Gasteiger partial charge in [0, 0.05) is 19.5 Å². The Morgan fingerprint density at radius 1 is 1.35 bits per heavy atom. The van der Waals surface area contributed by atoms with Crippen molar-refractivity contribution in [3.63, 3.8) is 0 Å². The molecule has 0 saturated heterocycles. The van der Waals surface area contributed by atoms with Crippen LogP contribution in [0.2, 0.25) is 0 Å². The number of carbonyl (C=O) groups is 1. The van der Waals surface area contributed by atoms with E-state index >= 15 is 0 Å². The smallest absolute Gasteiger partial charge is 0.345 e. The Morgan fingerprint density at radius 2 is 2.10 bits per heavy atom. The average Bonchev–Trinajstić information content (AvgIpc) is 2.85. The van der Waals surface area contributed by atoms with Crippen molar-refractivity contribution >= 4 is 11.7 Å². The van der Waals surface area contributed by atoms with Gasteiger partial charge in [-0.25, -0.2) is 4.79 Å². The van der Waals surface area contributed by atoms with Crippen LogP contribution in [0.4, 0.5) is 10.5 Å². The van der Waals surface area contributed by atoms with Gasteiger partial charge >= 0.3 is 6.03 Å². The maximum absolute atomic E-state index is 12.3. The van der Waals surface area contributed by atoms with Gasteiger partial charge in [0.1, 0.15) is 5.75 Å². The maximum atomic E-state index is 12.3. The molecule has 0 atom stereocenters. The Morgan fingerprint density at radius 3 is 2.80 bits per heavy atom. The zero-order chi connectivity index (χ0) is 14.1. The zero-order valence-electron chi connectivity index (χ0n) is 11.2. The number of amides is 1. The highest BCUT2D eigenvalue weighted by molar-refractivity contribution is 5.79. The summed E-state index contributed by atoms with van der Waals surface area (Å²) in [5.74, 6) is 0.806. The minimum Gasteiger partial charge on any atom is -0.497 e. The van der Waals surface area contributed by atoms with E-state index in [1.807, 2.05) is 24.3 Å². The lowest BCUT2D eigenvalue weighted by Gasteiger charge is -2.27. The molecule has 1 aromatic heterocycles. The number of nitrogens with two attached hydrogens (primary N) is 1. The highest BCUT2D eigenvalue weighted by atomic mass is 16.5. The van der Waals surface area contributed by atoms with E-state index < -0.39 is 0 Å². The van der Waals surface area contributed by atoms with E-state index in [0.29, 0.717) is 18.8 Å². The molecule has 6 heteroatoms. The molecule has 104 valence electrons. The molecular formula is C14H16N4O2. The Labute approximate surface area is 116 Å². The summed E-state index contributed by atoms with van der Waals surface area (Å²) in [6.07, 6.45) is 2.26. The van der Waals surface area contributed by atoms with Crippen molar-refractivity contribution in [2.45, 2.75) is 13.0 Å². The van der Waals surface area contributed by atoms with E-state index in [0.717, 1.165) is 23.4 Å². The van der Waals surface area contributed by atoms with Crippen LogP contribution < -0.4 is 10.5 Å². The fourth-order valence-corrected chi connectivity index (χ4v) is 2.37. The maximum Gasteiger partial charge on any atom is 0.345 e. The molecule has 0 unspecified atom stereocenters. The van der Waals surface area contributed by atoms with Gasteiger partial charge < -0.3 is 15.4 Å². The average molecular weight is 272 g/mol. The van der Waals surface area contributed by atoms with Crippen LogP contribution in [0.15, 0.2) is 30.5 Å². The molecular weight excluding hydrogens is 256 g/mol. The van der Waals surface area contributed by atoms with Gasteiger partial charge in [0.2, 0.25) is 0 Å². The summed E-state index contributed by atoms with van der Waals surface area (Å²) < 4.78 is 6.51. The van der Waals surface area contributed by atoms with Crippen molar-refractivity contribution in [3.05, 3.63) is 41.7 Å². The second kappa shape index (κ2) is 4.88. The topological polar surface area (TPSA) is 73.4 Å². The standard InChI is InChI=1S/C14H16N4O2/c1-20-11-4-2-10(3-5-11)9-17-7-6-13-12(15)8-16-18(13)14(17)19/h2-5,8H,6-7,9,15H2,1H3. The quantitative estimate of drug-likeness (QED) is 0.919. The Hall–Kier alpha value is -2.50. The molecule has 2 N–H and O–H groups in total. The number of hydrogen-bond acceptors (Lipinski definition) is 4. The normalized spacial score (nSPS) is 14.2. The molecule has 0 fully saturated rings. The van der Waals surface area contributed by atoms with E-state index in [2.05, 4.69) is 5.10 Å². The Bertz CT molecular complexity index is 633. The van der Waals surface area contributed by atoms with Gasteiger partial charge in [-0.05, 0) is 17.7 Å². The summed E-state index contributed by atoms with van der Waals surface area (Å²) in [6.45, 7) is 1.21. The first-order valence-electron chi connectivity index (χ1n) is 6.43. The molecule has 0 saturated carbocycles. The van der Waals surface area contributed by atoms with E-state index in [-0.39, 0.29) is 6.03 Å². The summed E-state index contributed by atoms with van der Waals surface area (Å²) in [4.78, 5) is 14.1. The van der Waals surface area contributed by atoms with Gasteiger partial charge in [0.15, 0.2) is 0 Å². The predicted molar refractivity (Wildman–Crippen MR) is 74.5 cm³/mol. The highest BCUT2D eigenvalue weighted by Gasteiger charge is 2.26. The van der Waals surface area contributed by atoms with Crippen LogP contribution in [0.1, 0.15) is 11.3 Å². The first-order chi connectivity index (χ1) is 9.69. The molecule has 0 radical (unpaired) electrons. The summed E-state index contributed by atoms with van der Waals surface area (Å²) in [7, 11) is 1.63. The van der Waals surface area contributed by atoms with Crippen LogP contribution in [-0.2, 0) is 13.0 Å². The first kappa shape index (κ1) is 12.5. The van der Waals surface area contributed by atoms with Gasteiger partial charge in [-0.3, -0.25) is 0 Å². The molecule has 1 aromatic carbocycles. The number of benzene rings is 1. The number of methoxy groups -OCH3 is 1. The molecule has 20 heavy (non-hydrogen) atoms. The molecule has 2 aromatic rings. The van der Waals surface area contributed by atoms with Crippen molar-refractivity contribution in [2.24, 2.45) is 0 Å². The van der Waals surface area contributed by atoms with E-state index in [4.69, 9.17) is 10.5 Å².